The molecule has 0 radical (unpaired) electrons. The van der Waals surface area contributed by atoms with E-state index < -0.39 is 0 Å². The van der Waals surface area contributed by atoms with Gasteiger partial charge in [0.1, 0.15) is 5.69 Å². The van der Waals surface area contributed by atoms with E-state index in [1.54, 1.807) is 16.8 Å². The number of carbonyl (C=O) groups is 1. The fourth-order valence-electron chi connectivity index (χ4n) is 1.98. The highest BCUT2D eigenvalue weighted by atomic mass is 16.2. The Hall–Kier alpha value is -2.30. The number of nitrogens with one attached hydrogen (secondary N) is 1. The SMILES string of the molecule is CCn1nc(C)cc1C(=O)Nc1ccc(N)cc1C. The predicted octanol–water partition coefficient (Wildman–Crippen LogP) is 2.35. The smallest absolute Gasteiger partial charge is 0.273 e. The second-order valence-electron chi connectivity index (χ2n) is 4.52. The highest BCUT2D eigenvalue weighted by Gasteiger charge is 2.14. The van der Waals surface area contributed by atoms with Crippen molar-refractivity contribution in [3.63, 3.8) is 0 Å². The quantitative estimate of drug-likeness (QED) is 0.830. The van der Waals surface area contributed by atoms with Crippen LogP contribution in [0.1, 0.15) is 28.7 Å². The predicted molar refractivity (Wildman–Crippen MR) is 76.2 cm³/mol. The Bertz CT molecular complexity index is 616. The van der Waals surface area contributed by atoms with Gasteiger partial charge in [0.05, 0.1) is 5.69 Å². The maximum Gasteiger partial charge on any atom is 0.273 e. The Morgan fingerprint density at radius 3 is 2.74 bits per heavy atom. The molecule has 0 bridgehead atoms. The number of nitrogens with two attached hydrogens (primary N) is 1. The number of nitrogens with zero attached hydrogens (tertiary/aromatic N) is 2. The minimum atomic E-state index is -0.157. The molecular weight excluding hydrogens is 240 g/mol. The standard InChI is InChI=1S/C14H18N4O/c1-4-18-13(8-10(3)17-18)14(19)16-12-6-5-11(15)7-9(12)2/h5-8H,4,15H2,1-3H3,(H,16,19). The number of hydrogen-bond donors (Lipinski definition) is 2. The lowest BCUT2D eigenvalue weighted by molar-refractivity contribution is 0.101. The van der Waals surface area contributed by atoms with Crippen molar-refractivity contribution in [2.45, 2.75) is 27.3 Å². The van der Waals surface area contributed by atoms with Crippen LogP contribution < -0.4 is 11.1 Å². The Kier molecular flexibility index (Phi) is 3.55. The molecule has 1 amide bonds. The first-order chi connectivity index (χ1) is 9.01. The zero-order chi connectivity index (χ0) is 14.0. The number of benzene rings is 1. The largest absolute Gasteiger partial charge is 0.399 e. The van der Waals surface area contributed by atoms with Crippen LogP contribution in [0.2, 0.25) is 0 Å². The summed E-state index contributed by atoms with van der Waals surface area (Å²) in [6, 6.07) is 7.19. The summed E-state index contributed by atoms with van der Waals surface area (Å²) < 4.78 is 1.69. The van der Waals surface area contributed by atoms with Crippen LogP contribution >= 0.6 is 0 Å². The fourth-order valence-corrected chi connectivity index (χ4v) is 1.98. The molecule has 0 aliphatic carbocycles. The van der Waals surface area contributed by atoms with Gasteiger partial charge in [0.25, 0.3) is 5.91 Å². The van der Waals surface area contributed by atoms with E-state index in [2.05, 4.69) is 10.4 Å². The van der Waals surface area contributed by atoms with E-state index in [9.17, 15) is 4.79 Å². The summed E-state index contributed by atoms with van der Waals surface area (Å²) in [4.78, 5) is 12.2. The van der Waals surface area contributed by atoms with Crippen molar-refractivity contribution in [2.24, 2.45) is 0 Å². The average molecular weight is 258 g/mol. The lowest BCUT2D eigenvalue weighted by atomic mass is 10.1. The van der Waals surface area contributed by atoms with Gasteiger partial charge in [-0.05, 0) is 50.6 Å². The minimum absolute atomic E-state index is 0.157. The summed E-state index contributed by atoms with van der Waals surface area (Å²) in [7, 11) is 0. The fraction of sp³-hybridized carbons (Fsp3) is 0.286. The third kappa shape index (κ3) is 2.76. The molecule has 100 valence electrons. The molecule has 0 spiro atoms. The van der Waals surface area contributed by atoms with Crippen LogP contribution in [-0.4, -0.2) is 15.7 Å². The molecule has 1 aromatic carbocycles. The molecule has 1 heterocycles. The van der Waals surface area contributed by atoms with E-state index in [4.69, 9.17) is 5.73 Å². The van der Waals surface area contributed by atoms with E-state index in [1.165, 1.54) is 0 Å². The average Bonchev–Trinajstić information content (AvgIpc) is 2.74. The van der Waals surface area contributed by atoms with E-state index in [-0.39, 0.29) is 5.91 Å². The molecule has 0 aliphatic rings. The Labute approximate surface area is 112 Å². The van der Waals surface area contributed by atoms with E-state index in [1.807, 2.05) is 32.9 Å². The zero-order valence-electron chi connectivity index (χ0n) is 11.4. The second kappa shape index (κ2) is 5.14. The van der Waals surface area contributed by atoms with Gasteiger partial charge in [-0.3, -0.25) is 9.48 Å². The van der Waals surface area contributed by atoms with Crippen molar-refractivity contribution in [1.29, 1.82) is 0 Å². The number of aryl methyl sites for hydroxylation is 3. The zero-order valence-corrected chi connectivity index (χ0v) is 11.4. The first-order valence-corrected chi connectivity index (χ1v) is 6.23. The summed E-state index contributed by atoms with van der Waals surface area (Å²) >= 11 is 0. The summed E-state index contributed by atoms with van der Waals surface area (Å²) in [6.07, 6.45) is 0. The molecule has 19 heavy (non-hydrogen) atoms. The summed E-state index contributed by atoms with van der Waals surface area (Å²) in [6.45, 7) is 6.40. The highest BCUT2D eigenvalue weighted by molar-refractivity contribution is 6.03. The molecular formula is C14H18N4O. The molecule has 2 rings (SSSR count). The van der Waals surface area contributed by atoms with Gasteiger partial charge >= 0.3 is 0 Å². The molecule has 0 unspecified atom stereocenters. The van der Waals surface area contributed by atoms with Gasteiger partial charge in [0.15, 0.2) is 0 Å². The van der Waals surface area contributed by atoms with Crippen LogP contribution in [0.25, 0.3) is 0 Å². The first kappa shape index (κ1) is 13.1. The molecule has 0 aliphatic heterocycles. The molecule has 2 aromatic rings. The third-order valence-corrected chi connectivity index (χ3v) is 2.93. The molecule has 0 atom stereocenters. The van der Waals surface area contributed by atoms with Gasteiger partial charge in [0.2, 0.25) is 0 Å². The van der Waals surface area contributed by atoms with Crippen LogP contribution in [0.4, 0.5) is 11.4 Å². The molecule has 5 nitrogen and oxygen atoms in total. The van der Waals surface area contributed by atoms with Crippen LogP contribution in [0.15, 0.2) is 24.3 Å². The van der Waals surface area contributed by atoms with Crippen molar-refractivity contribution in [1.82, 2.24) is 9.78 Å². The van der Waals surface area contributed by atoms with Gasteiger partial charge < -0.3 is 11.1 Å². The minimum Gasteiger partial charge on any atom is -0.399 e. The monoisotopic (exact) mass is 258 g/mol. The second-order valence-corrected chi connectivity index (χ2v) is 4.52. The number of rotatable bonds is 3. The molecule has 3 N–H and O–H groups in total. The number of nitrogen functional groups attached to an aromatic ring is 1. The normalized spacial score (nSPS) is 10.5. The van der Waals surface area contributed by atoms with Crippen LogP contribution in [0, 0.1) is 13.8 Å². The summed E-state index contributed by atoms with van der Waals surface area (Å²) in [5.41, 5.74) is 9.48. The van der Waals surface area contributed by atoms with Crippen molar-refractivity contribution in [3.8, 4) is 0 Å². The van der Waals surface area contributed by atoms with Crippen LogP contribution in [0.5, 0.6) is 0 Å². The van der Waals surface area contributed by atoms with Crippen molar-refractivity contribution >= 4 is 17.3 Å². The molecule has 0 saturated heterocycles. The Balaban J connectivity index is 2.25. The Morgan fingerprint density at radius 2 is 2.11 bits per heavy atom. The number of hydrogen-bond acceptors (Lipinski definition) is 3. The number of anilines is 2. The maximum atomic E-state index is 12.2. The van der Waals surface area contributed by atoms with Gasteiger partial charge in [-0.25, -0.2) is 0 Å². The number of amides is 1. The van der Waals surface area contributed by atoms with Gasteiger partial charge in [-0.1, -0.05) is 0 Å². The van der Waals surface area contributed by atoms with Gasteiger partial charge in [-0.15, -0.1) is 0 Å². The third-order valence-electron chi connectivity index (χ3n) is 2.93. The van der Waals surface area contributed by atoms with Crippen LogP contribution in [-0.2, 0) is 6.54 Å². The lowest BCUT2D eigenvalue weighted by Gasteiger charge is -2.09. The summed E-state index contributed by atoms with van der Waals surface area (Å²) in [5.74, 6) is -0.157. The Morgan fingerprint density at radius 1 is 1.37 bits per heavy atom. The number of carbonyl (C=O) groups excluding carboxylic acids is 1. The van der Waals surface area contributed by atoms with Gasteiger partial charge in [0, 0.05) is 17.9 Å². The topological polar surface area (TPSA) is 72.9 Å². The van der Waals surface area contributed by atoms with Crippen molar-refractivity contribution in [2.75, 3.05) is 11.1 Å². The lowest BCUT2D eigenvalue weighted by Crippen LogP contribution is -2.17. The molecule has 1 aromatic heterocycles. The molecule has 0 saturated carbocycles. The van der Waals surface area contributed by atoms with Gasteiger partial charge in [-0.2, -0.15) is 5.10 Å². The van der Waals surface area contributed by atoms with Crippen molar-refractivity contribution in [3.05, 3.63) is 41.2 Å². The maximum absolute atomic E-state index is 12.2. The van der Waals surface area contributed by atoms with Crippen LogP contribution in [0.3, 0.4) is 0 Å². The summed E-state index contributed by atoms with van der Waals surface area (Å²) in [5, 5.41) is 7.15. The number of aromatic nitrogens is 2. The van der Waals surface area contributed by atoms with E-state index in [0.29, 0.717) is 17.9 Å². The highest BCUT2D eigenvalue weighted by Crippen LogP contribution is 2.18. The van der Waals surface area contributed by atoms with E-state index in [0.717, 1.165) is 16.9 Å². The van der Waals surface area contributed by atoms with Crippen molar-refractivity contribution < 1.29 is 4.79 Å². The molecule has 5 heteroatoms. The van der Waals surface area contributed by atoms with E-state index >= 15 is 0 Å². The first-order valence-electron chi connectivity index (χ1n) is 6.23. The molecule has 0 fully saturated rings.